The van der Waals surface area contributed by atoms with E-state index in [1.54, 1.807) is 36.4 Å². The smallest absolute Gasteiger partial charge is 0.338 e. The average molecular weight is 448 g/mol. The van der Waals surface area contributed by atoms with Crippen LogP contribution in [0.25, 0.3) is 11.1 Å². The van der Waals surface area contributed by atoms with Crippen molar-refractivity contribution in [3.05, 3.63) is 78.1 Å². The molecule has 0 radical (unpaired) electrons. The minimum atomic E-state index is -0.494. The molecule has 0 aromatic heterocycles. The Balaban J connectivity index is 1.62. The lowest BCUT2D eigenvalue weighted by Crippen LogP contribution is -2.07. The van der Waals surface area contributed by atoms with E-state index < -0.39 is 11.8 Å². The molecular weight excluding hydrogens is 417 g/mol. The molecule has 5 nitrogen and oxygen atoms in total. The molecule has 3 aromatic rings. The molecule has 172 valence electrons. The van der Waals surface area contributed by atoms with E-state index in [0.717, 1.165) is 37.1 Å². The van der Waals surface area contributed by atoms with Crippen LogP contribution in [-0.4, -0.2) is 26.7 Å². The molecule has 0 bridgehead atoms. The molecular formula is C27H30FN3O2. The maximum absolute atomic E-state index is 14.7. The molecule has 6 heteroatoms. The van der Waals surface area contributed by atoms with Crippen LogP contribution in [-0.2, 0) is 4.74 Å². The zero-order valence-corrected chi connectivity index (χ0v) is 19.4. The largest absolute Gasteiger partial charge is 0.462 e. The fraction of sp³-hybridized carbons (Fsp3) is 0.296. The molecule has 3 rings (SSSR count). The highest BCUT2D eigenvalue weighted by atomic mass is 19.1. The van der Waals surface area contributed by atoms with Gasteiger partial charge in [-0.25, -0.2) is 9.18 Å². The topological polar surface area (TPSA) is 54.3 Å². The van der Waals surface area contributed by atoms with Gasteiger partial charge in [0, 0.05) is 25.3 Å². The second kappa shape index (κ2) is 11.9. The molecule has 33 heavy (non-hydrogen) atoms. The predicted octanol–water partition coefficient (Wildman–Crippen LogP) is 7.71. The number of halogens is 1. The summed E-state index contributed by atoms with van der Waals surface area (Å²) >= 11 is 0. The van der Waals surface area contributed by atoms with E-state index >= 15 is 0 Å². The molecule has 0 aliphatic carbocycles. The molecule has 0 fully saturated rings. The third kappa shape index (κ3) is 6.97. The van der Waals surface area contributed by atoms with Crippen molar-refractivity contribution in [2.75, 3.05) is 25.6 Å². The zero-order valence-electron chi connectivity index (χ0n) is 19.4. The fourth-order valence-electron chi connectivity index (χ4n) is 3.29. The number of unbranched alkanes of at least 4 members (excludes halogenated alkanes) is 3. The number of carbonyl (C=O) groups is 1. The molecule has 0 unspecified atom stereocenters. The van der Waals surface area contributed by atoms with E-state index in [4.69, 9.17) is 4.74 Å². The molecule has 0 atom stereocenters. The number of benzene rings is 3. The molecule has 3 aromatic carbocycles. The van der Waals surface area contributed by atoms with Crippen molar-refractivity contribution in [1.29, 1.82) is 0 Å². The Morgan fingerprint density at radius 3 is 2.09 bits per heavy atom. The van der Waals surface area contributed by atoms with Gasteiger partial charge in [-0.2, -0.15) is 10.2 Å². The summed E-state index contributed by atoms with van der Waals surface area (Å²) in [7, 11) is 3.96. The molecule has 0 saturated carbocycles. The van der Waals surface area contributed by atoms with E-state index in [0.29, 0.717) is 23.4 Å². The zero-order chi connectivity index (χ0) is 23.6. The van der Waals surface area contributed by atoms with Gasteiger partial charge in [-0.15, -0.1) is 0 Å². The normalized spacial score (nSPS) is 11.0. The maximum Gasteiger partial charge on any atom is 0.338 e. The van der Waals surface area contributed by atoms with E-state index in [9.17, 15) is 9.18 Å². The average Bonchev–Trinajstić information content (AvgIpc) is 2.83. The SMILES string of the molecule is CCCCCCOC(=O)c1ccc(-c2ccc(N=Nc3ccc(N(C)C)cc3)cc2)c(F)c1. The van der Waals surface area contributed by atoms with Crippen LogP contribution < -0.4 is 4.90 Å². The van der Waals surface area contributed by atoms with Crippen molar-refractivity contribution in [2.45, 2.75) is 32.6 Å². The Hall–Kier alpha value is -3.54. The van der Waals surface area contributed by atoms with Gasteiger partial charge in [0.25, 0.3) is 0 Å². The highest BCUT2D eigenvalue weighted by Gasteiger charge is 2.12. The maximum atomic E-state index is 14.7. The third-order valence-corrected chi connectivity index (χ3v) is 5.26. The fourth-order valence-corrected chi connectivity index (χ4v) is 3.29. The molecule has 0 spiro atoms. The van der Waals surface area contributed by atoms with Gasteiger partial charge in [0.2, 0.25) is 0 Å². The van der Waals surface area contributed by atoms with Crippen molar-refractivity contribution in [2.24, 2.45) is 10.2 Å². The molecule has 0 saturated heterocycles. The first-order valence-corrected chi connectivity index (χ1v) is 11.2. The number of nitrogens with zero attached hydrogens (tertiary/aromatic N) is 3. The van der Waals surface area contributed by atoms with Crippen LogP contribution in [0.5, 0.6) is 0 Å². The van der Waals surface area contributed by atoms with E-state index in [2.05, 4.69) is 17.2 Å². The molecule has 0 amide bonds. The van der Waals surface area contributed by atoms with E-state index in [1.807, 2.05) is 43.3 Å². The van der Waals surface area contributed by atoms with Gasteiger partial charge in [-0.1, -0.05) is 44.4 Å². The van der Waals surface area contributed by atoms with Crippen LogP contribution in [0.15, 0.2) is 77.0 Å². The summed E-state index contributed by atoms with van der Waals surface area (Å²) in [6.07, 6.45) is 4.08. The molecule has 0 aliphatic heterocycles. The van der Waals surface area contributed by atoms with Crippen LogP contribution in [0.4, 0.5) is 21.5 Å². The Morgan fingerprint density at radius 1 is 0.879 bits per heavy atom. The van der Waals surface area contributed by atoms with Crippen LogP contribution in [0, 0.1) is 5.82 Å². The minimum absolute atomic E-state index is 0.220. The van der Waals surface area contributed by atoms with Crippen LogP contribution in [0.3, 0.4) is 0 Å². The van der Waals surface area contributed by atoms with Gasteiger partial charge < -0.3 is 9.64 Å². The monoisotopic (exact) mass is 447 g/mol. The van der Waals surface area contributed by atoms with Gasteiger partial charge in [0.05, 0.1) is 23.5 Å². The second-order valence-electron chi connectivity index (χ2n) is 8.05. The van der Waals surface area contributed by atoms with Crippen molar-refractivity contribution in [1.82, 2.24) is 0 Å². The number of rotatable bonds is 10. The summed E-state index contributed by atoms with van der Waals surface area (Å²) in [6, 6.07) is 19.3. The standard InChI is InChI=1S/C27H30FN3O2/c1-4-5-6-7-18-33-27(32)21-10-17-25(26(28)19-21)20-8-11-22(12-9-20)29-30-23-13-15-24(16-14-23)31(2)3/h8-17,19H,4-7,18H2,1-3H3. The number of ether oxygens (including phenoxy) is 1. The Kier molecular flexibility index (Phi) is 8.70. The van der Waals surface area contributed by atoms with Gasteiger partial charge in [0.1, 0.15) is 5.82 Å². The van der Waals surface area contributed by atoms with E-state index in [1.165, 1.54) is 6.07 Å². The number of azo groups is 1. The number of carbonyl (C=O) groups excluding carboxylic acids is 1. The van der Waals surface area contributed by atoms with Gasteiger partial charge in [-0.05, 0) is 60.5 Å². The van der Waals surface area contributed by atoms with Crippen LogP contribution in [0.1, 0.15) is 43.0 Å². The third-order valence-electron chi connectivity index (χ3n) is 5.26. The number of anilines is 1. The number of esters is 1. The number of hydrogen-bond acceptors (Lipinski definition) is 5. The number of hydrogen-bond donors (Lipinski definition) is 0. The lowest BCUT2D eigenvalue weighted by atomic mass is 10.0. The first-order valence-electron chi connectivity index (χ1n) is 11.2. The van der Waals surface area contributed by atoms with Crippen LogP contribution >= 0.6 is 0 Å². The van der Waals surface area contributed by atoms with Crippen LogP contribution in [0.2, 0.25) is 0 Å². The van der Waals surface area contributed by atoms with Crippen molar-refractivity contribution in [3.63, 3.8) is 0 Å². The summed E-state index contributed by atoms with van der Waals surface area (Å²) in [5.41, 5.74) is 3.84. The Bertz CT molecular complexity index is 1080. The lowest BCUT2D eigenvalue weighted by molar-refractivity contribution is 0.0497. The summed E-state index contributed by atoms with van der Waals surface area (Å²) in [4.78, 5) is 14.2. The highest BCUT2D eigenvalue weighted by molar-refractivity contribution is 5.90. The lowest BCUT2D eigenvalue weighted by Gasteiger charge is -2.11. The quantitative estimate of drug-likeness (QED) is 0.182. The first kappa shape index (κ1) is 24.1. The molecule has 0 N–H and O–H groups in total. The Morgan fingerprint density at radius 2 is 1.52 bits per heavy atom. The summed E-state index contributed by atoms with van der Waals surface area (Å²) in [5, 5.41) is 8.50. The van der Waals surface area contributed by atoms with Gasteiger partial charge in [-0.3, -0.25) is 0 Å². The van der Waals surface area contributed by atoms with Crippen molar-refractivity contribution in [3.8, 4) is 11.1 Å². The molecule has 0 aliphatic rings. The second-order valence-corrected chi connectivity index (χ2v) is 8.05. The van der Waals surface area contributed by atoms with Crippen molar-refractivity contribution >= 4 is 23.0 Å². The summed E-state index contributed by atoms with van der Waals surface area (Å²) < 4.78 is 19.9. The van der Waals surface area contributed by atoms with Crippen molar-refractivity contribution < 1.29 is 13.9 Å². The Labute approximate surface area is 194 Å². The van der Waals surface area contributed by atoms with Gasteiger partial charge >= 0.3 is 5.97 Å². The van der Waals surface area contributed by atoms with Gasteiger partial charge in [0.15, 0.2) is 0 Å². The predicted molar refractivity (Wildman–Crippen MR) is 131 cm³/mol. The molecule has 0 heterocycles. The van der Waals surface area contributed by atoms with E-state index in [-0.39, 0.29) is 5.56 Å². The highest BCUT2D eigenvalue weighted by Crippen LogP contribution is 2.27. The summed E-state index contributed by atoms with van der Waals surface area (Å²) in [6.45, 7) is 2.48. The first-order chi connectivity index (χ1) is 16.0. The minimum Gasteiger partial charge on any atom is -0.462 e. The summed E-state index contributed by atoms with van der Waals surface area (Å²) in [5.74, 6) is -0.961.